The molecule has 170 valence electrons. The van der Waals surface area contributed by atoms with E-state index >= 15 is 0 Å². The van der Waals surface area contributed by atoms with Crippen molar-refractivity contribution in [3.63, 3.8) is 0 Å². The monoisotopic (exact) mass is 456 g/mol. The Balaban J connectivity index is 1.97. The van der Waals surface area contributed by atoms with E-state index in [2.05, 4.69) is 0 Å². The van der Waals surface area contributed by atoms with E-state index < -0.39 is 28.9 Å². The van der Waals surface area contributed by atoms with Crippen LogP contribution in [0.3, 0.4) is 0 Å². The van der Waals surface area contributed by atoms with Crippen LogP contribution in [-0.4, -0.2) is 43.1 Å². The van der Waals surface area contributed by atoms with Crippen LogP contribution >= 0.6 is 11.3 Å². The van der Waals surface area contributed by atoms with E-state index in [-0.39, 0.29) is 0 Å². The van der Waals surface area contributed by atoms with Gasteiger partial charge in [-0.15, -0.1) is 0 Å². The maximum Gasteiger partial charge on any atom is 0.354 e. The molecule has 0 bridgehead atoms. The number of primary amides is 1. The molecule has 4 rings (SSSR count). The van der Waals surface area contributed by atoms with Crippen LogP contribution in [0.1, 0.15) is 43.5 Å². The number of nitrogens with zero attached hydrogens (tertiary/aromatic N) is 1. The summed E-state index contributed by atoms with van der Waals surface area (Å²) >= 11 is 1.48. The van der Waals surface area contributed by atoms with Crippen LogP contribution in [-0.2, 0) is 26.2 Å². The van der Waals surface area contributed by atoms with Crippen molar-refractivity contribution in [3.05, 3.63) is 57.4 Å². The lowest BCUT2D eigenvalue weighted by molar-refractivity contribution is -0.152. The summed E-state index contributed by atoms with van der Waals surface area (Å²) < 4.78 is 16.9. The Labute approximate surface area is 191 Å². The Morgan fingerprint density at radius 3 is 2.53 bits per heavy atom. The van der Waals surface area contributed by atoms with Gasteiger partial charge in [0.2, 0.25) is 5.91 Å². The van der Waals surface area contributed by atoms with Crippen molar-refractivity contribution < 1.29 is 23.8 Å². The lowest BCUT2D eigenvalue weighted by atomic mass is 9.71. The van der Waals surface area contributed by atoms with Crippen LogP contribution in [0.25, 0.3) is 0 Å². The highest BCUT2D eigenvalue weighted by atomic mass is 32.1. The summed E-state index contributed by atoms with van der Waals surface area (Å²) in [4.78, 5) is 28.4. The molecular weight excluding hydrogens is 428 g/mol. The van der Waals surface area contributed by atoms with Crippen molar-refractivity contribution >= 4 is 23.2 Å². The molecule has 0 spiro atoms. The fraction of sp³-hybridized carbons (Fsp3) is 0.417. The van der Waals surface area contributed by atoms with Gasteiger partial charge in [0.05, 0.1) is 20.3 Å². The second-order valence-electron chi connectivity index (χ2n) is 9.03. The number of rotatable bonds is 5. The van der Waals surface area contributed by atoms with Crippen LogP contribution in [0, 0.1) is 0 Å². The number of thiophene rings is 1. The van der Waals surface area contributed by atoms with Crippen LogP contribution < -0.4 is 15.2 Å². The third-order valence-corrected chi connectivity index (χ3v) is 6.67. The van der Waals surface area contributed by atoms with E-state index in [1.807, 2.05) is 48.6 Å². The standard InChI is InChI=1S/C24H28N2O5S/c1-23(2,3)31-21(27)17-12-24(22(25)28,15-7-9-32-13-15)20-19-14(6-8-26(17)20)10-16(29-4)11-18(19)30-5/h7,9-13,20H,6,8H2,1-5H3,(H2,25,28). The fourth-order valence-corrected chi connectivity index (χ4v) is 5.42. The van der Waals surface area contributed by atoms with Crippen molar-refractivity contribution in [2.45, 2.75) is 44.2 Å². The molecule has 2 atom stereocenters. The first-order valence-corrected chi connectivity index (χ1v) is 11.4. The Morgan fingerprint density at radius 2 is 1.97 bits per heavy atom. The van der Waals surface area contributed by atoms with E-state index in [0.717, 1.165) is 16.7 Å². The number of amides is 1. The molecule has 2 aliphatic heterocycles. The van der Waals surface area contributed by atoms with Crippen LogP contribution in [0.5, 0.6) is 11.5 Å². The van der Waals surface area contributed by atoms with Crippen LogP contribution in [0.4, 0.5) is 0 Å². The molecule has 3 heterocycles. The number of ether oxygens (including phenoxy) is 3. The van der Waals surface area contributed by atoms with Gasteiger partial charge in [-0.05, 0) is 67.3 Å². The van der Waals surface area contributed by atoms with Gasteiger partial charge in [-0.3, -0.25) is 4.79 Å². The fourth-order valence-electron chi connectivity index (χ4n) is 4.69. The van der Waals surface area contributed by atoms with Gasteiger partial charge in [0.15, 0.2) is 0 Å². The molecule has 2 unspecified atom stereocenters. The molecule has 1 aromatic carbocycles. The number of carbonyl (C=O) groups excluding carboxylic acids is 2. The topological polar surface area (TPSA) is 91.1 Å². The third-order valence-electron chi connectivity index (χ3n) is 5.98. The highest BCUT2D eigenvalue weighted by molar-refractivity contribution is 7.08. The number of nitrogens with two attached hydrogens (primary N) is 1. The van der Waals surface area contributed by atoms with E-state index in [9.17, 15) is 9.59 Å². The normalized spacial score (nSPS) is 22.0. The number of methoxy groups -OCH3 is 2. The summed E-state index contributed by atoms with van der Waals surface area (Å²) in [6.45, 7) is 5.98. The molecular formula is C24H28N2O5S. The summed E-state index contributed by atoms with van der Waals surface area (Å²) in [5, 5.41) is 3.81. The molecule has 32 heavy (non-hydrogen) atoms. The average molecular weight is 457 g/mol. The zero-order valence-corrected chi connectivity index (χ0v) is 19.7. The number of hydrogen-bond acceptors (Lipinski definition) is 7. The second kappa shape index (κ2) is 7.85. The first kappa shape index (κ1) is 22.2. The number of carbonyl (C=O) groups is 2. The summed E-state index contributed by atoms with van der Waals surface area (Å²) in [5.41, 5.74) is 7.11. The molecule has 7 nitrogen and oxygen atoms in total. The predicted molar refractivity (Wildman–Crippen MR) is 122 cm³/mol. The first-order valence-electron chi connectivity index (χ1n) is 10.4. The minimum atomic E-state index is -1.25. The zero-order chi connectivity index (χ0) is 23.3. The van der Waals surface area contributed by atoms with E-state index in [0.29, 0.717) is 30.2 Å². The predicted octanol–water partition coefficient (Wildman–Crippen LogP) is 3.33. The molecule has 0 radical (unpaired) electrons. The molecule has 1 amide bonds. The summed E-state index contributed by atoms with van der Waals surface area (Å²) in [6.07, 6.45) is 2.34. The van der Waals surface area contributed by atoms with Gasteiger partial charge in [-0.25, -0.2) is 4.79 Å². The van der Waals surface area contributed by atoms with Crippen molar-refractivity contribution in [2.24, 2.45) is 5.73 Å². The van der Waals surface area contributed by atoms with Crippen LogP contribution in [0.15, 0.2) is 40.7 Å². The van der Waals surface area contributed by atoms with Gasteiger partial charge in [-0.1, -0.05) is 0 Å². The molecule has 1 aromatic heterocycles. The number of hydrogen-bond donors (Lipinski definition) is 1. The smallest absolute Gasteiger partial charge is 0.354 e. The largest absolute Gasteiger partial charge is 0.497 e. The number of benzene rings is 1. The summed E-state index contributed by atoms with van der Waals surface area (Å²) in [6, 6.07) is 5.10. The zero-order valence-electron chi connectivity index (χ0n) is 18.9. The maximum absolute atomic E-state index is 13.2. The molecule has 2 aromatic rings. The highest BCUT2D eigenvalue weighted by Crippen LogP contribution is 2.55. The Morgan fingerprint density at radius 1 is 1.22 bits per heavy atom. The Kier molecular flexibility index (Phi) is 5.45. The third kappa shape index (κ3) is 3.43. The van der Waals surface area contributed by atoms with Gasteiger partial charge in [-0.2, -0.15) is 11.3 Å². The van der Waals surface area contributed by atoms with Gasteiger partial charge in [0, 0.05) is 18.2 Å². The molecule has 0 fully saturated rings. The first-order chi connectivity index (χ1) is 15.1. The molecule has 8 heteroatoms. The van der Waals surface area contributed by atoms with Crippen molar-refractivity contribution in [2.75, 3.05) is 20.8 Å². The van der Waals surface area contributed by atoms with Gasteiger partial charge in [0.1, 0.15) is 28.2 Å². The maximum atomic E-state index is 13.2. The van der Waals surface area contributed by atoms with E-state index in [1.165, 1.54) is 11.3 Å². The highest BCUT2D eigenvalue weighted by Gasteiger charge is 2.57. The van der Waals surface area contributed by atoms with Crippen molar-refractivity contribution in [3.8, 4) is 11.5 Å². The minimum Gasteiger partial charge on any atom is -0.497 e. The molecule has 0 aliphatic carbocycles. The van der Waals surface area contributed by atoms with Gasteiger partial charge in [0.25, 0.3) is 0 Å². The van der Waals surface area contributed by atoms with Gasteiger partial charge >= 0.3 is 5.97 Å². The average Bonchev–Trinajstić information content (AvgIpc) is 3.38. The lowest BCUT2D eigenvalue weighted by Crippen LogP contribution is -2.48. The quantitative estimate of drug-likeness (QED) is 0.694. The Bertz CT molecular complexity index is 1070. The molecule has 2 aliphatic rings. The summed E-state index contributed by atoms with van der Waals surface area (Å²) in [7, 11) is 3.19. The van der Waals surface area contributed by atoms with E-state index in [4.69, 9.17) is 19.9 Å². The number of fused-ring (bicyclic) bond motifs is 3. The van der Waals surface area contributed by atoms with E-state index in [1.54, 1.807) is 26.4 Å². The van der Waals surface area contributed by atoms with Gasteiger partial charge < -0.3 is 24.8 Å². The second-order valence-corrected chi connectivity index (χ2v) is 9.81. The molecule has 0 saturated carbocycles. The number of esters is 1. The lowest BCUT2D eigenvalue weighted by Gasteiger charge is -2.42. The Hall–Kier alpha value is -3.00. The minimum absolute atomic E-state index is 0.346. The van der Waals surface area contributed by atoms with Crippen molar-refractivity contribution in [1.29, 1.82) is 0 Å². The summed E-state index contributed by atoms with van der Waals surface area (Å²) in [5.74, 6) is 0.258. The molecule has 0 saturated heterocycles. The van der Waals surface area contributed by atoms with Crippen LogP contribution in [0.2, 0.25) is 0 Å². The van der Waals surface area contributed by atoms with Crippen molar-refractivity contribution in [1.82, 2.24) is 4.90 Å². The SMILES string of the molecule is COc1cc2c(c(OC)c1)C1N(CC2)C(C(=O)OC(C)(C)C)=CC1(C(N)=O)c1ccsc1. The molecule has 2 N–H and O–H groups in total.